The summed E-state index contributed by atoms with van der Waals surface area (Å²) in [5.74, 6) is -0.516. The minimum atomic E-state index is -0.226. The zero-order valence-electron chi connectivity index (χ0n) is 14.2. The number of hydrogen-bond acceptors (Lipinski definition) is 3. The van der Waals surface area contributed by atoms with Gasteiger partial charge in [-0.1, -0.05) is 28.1 Å². The Balaban J connectivity index is 1.77. The van der Waals surface area contributed by atoms with Gasteiger partial charge in [-0.25, -0.2) is 0 Å². The number of rotatable bonds is 4. The molecule has 2 N–H and O–H groups in total. The predicted octanol–water partition coefficient (Wildman–Crippen LogP) is 2.73. The Labute approximate surface area is 159 Å². The van der Waals surface area contributed by atoms with E-state index in [1.807, 2.05) is 18.2 Å². The van der Waals surface area contributed by atoms with Crippen molar-refractivity contribution in [3.63, 3.8) is 0 Å². The minimum absolute atomic E-state index is 0.0161. The summed E-state index contributed by atoms with van der Waals surface area (Å²) in [5, 5.41) is 5.52. The number of benzene rings is 2. The van der Waals surface area contributed by atoms with Crippen LogP contribution in [0.15, 0.2) is 46.9 Å². The topological polar surface area (TPSA) is 78.5 Å². The molecule has 0 spiro atoms. The maximum absolute atomic E-state index is 12.9. The van der Waals surface area contributed by atoms with E-state index in [2.05, 4.69) is 26.6 Å². The molecule has 1 aliphatic rings. The van der Waals surface area contributed by atoms with E-state index in [1.165, 1.54) is 11.8 Å². The number of nitrogens with one attached hydrogen (secondary N) is 2. The molecule has 0 aromatic heterocycles. The second kappa shape index (κ2) is 7.70. The quantitative estimate of drug-likeness (QED) is 0.805. The zero-order chi connectivity index (χ0) is 18.7. The number of amides is 3. The third-order valence-electron chi connectivity index (χ3n) is 4.06. The minimum Gasteiger partial charge on any atom is -0.356 e. The normalized spacial score (nSPS) is 13.0. The molecule has 134 valence electrons. The summed E-state index contributed by atoms with van der Waals surface area (Å²) in [7, 11) is 0. The van der Waals surface area contributed by atoms with Crippen molar-refractivity contribution in [3.8, 4) is 0 Å². The summed E-state index contributed by atoms with van der Waals surface area (Å²) in [5.41, 5.74) is 2.82. The molecule has 0 saturated carbocycles. The van der Waals surface area contributed by atoms with E-state index < -0.39 is 0 Å². The molecule has 0 saturated heterocycles. The van der Waals surface area contributed by atoms with Crippen LogP contribution in [0, 0.1) is 0 Å². The van der Waals surface area contributed by atoms with Crippen LogP contribution >= 0.6 is 15.9 Å². The first kappa shape index (κ1) is 18.1. The van der Waals surface area contributed by atoms with Gasteiger partial charge in [0.05, 0.1) is 11.4 Å². The highest BCUT2D eigenvalue weighted by molar-refractivity contribution is 9.10. The number of hydrogen-bond donors (Lipinski definition) is 2. The maximum Gasteiger partial charge on any atom is 0.258 e. The third kappa shape index (κ3) is 4.11. The maximum atomic E-state index is 12.9. The molecule has 0 aliphatic carbocycles. The van der Waals surface area contributed by atoms with Gasteiger partial charge in [-0.2, -0.15) is 0 Å². The van der Waals surface area contributed by atoms with Crippen molar-refractivity contribution in [1.82, 2.24) is 5.32 Å². The number of carbonyl (C=O) groups excluding carboxylic acids is 3. The summed E-state index contributed by atoms with van der Waals surface area (Å²) in [6.07, 6.45) is 0.691. The molecule has 0 radical (unpaired) electrons. The van der Waals surface area contributed by atoms with Crippen LogP contribution in [0.3, 0.4) is 0 Å². The van der Waals surface area contributed by atoms with Crippen molar-refractivity contribution >= 4 is 45.0 Å². The van der Waals surface area contributed by atoms with E-state index in [0.717, 1.165) is 10.0 Å². The van der Waals surface area contributed by atoms with Crippen LogP contribution in [0.4, 0.5) is 11.4 Å². The molecule has 1 heterocycles. The van der Waals surface area contributed by atoms with E-state index in [-0.39, 0.29) is 24.3 Å². The van der Waals surface area contributed by atoms with Gasteiger partial charge in [-0.15, -0.1) is 0 Å². The lowest BCUT2D eigenvalue weighted by atomic mass is 10.1. The number of fused-ring (bicyclic) bond motifs is 1. The highest BCUT2D eigenvalue weighted by Crippen LogP contribution is 2.33. The van der Waals surface area contributed by atoms with Crippen LogP contribution in [0.5, 0.6) is 0 Å². The van der Waals surface area contributed by atoms with Crippen LogP contribution < -0.4 is 15.5 Å². The summed E-state index contributed by atoms with van der Waals surface area (Å²) in [6, 6.07) is 12.6. The summed E-state index contributed by atoms with van der Waals surface area (Å²) in [6.45, 7) is 2.02. The molecule has 3 rings (SSSR count). The van der Waals surface area contributed by atoms with E-state index in [9.17, 15) is 14.4 Å². The van der Waals surface area contributed by atoms with E-state index >= 15 is 0 Å². The molecular formula is C19H18BrN3O3. The first-order chi connectivity index (χ1) is 12.4. The Hall–Kier alpha value is -2.67. The fourth-order valence-electron chi connectivity index (χ4n) is 2.80. The highest BCUT2D eigenvalue weighted by atomic mass is 79.9. The van der Waals surface area contributed by atoms with Crippen molar-refractivity contribution in [2.24, 2.45) is 0 Å². The van der Waals surface area contributed by atoms with Crippen molar-refractivity contribution in [2.45, 2.75) is 13.3 Å². The number of anilines is 2. The zero-order valence-corrected chi connectivity index (χ0v) is 15.8. The average molecular weight is 416 g/mol. The molecular weight excluding hydrogens is 398 g/mol. The van der Waals surface area contributed by atoms with Crippen LogP contribution in [0.2, 0.25) is 0 Å². The SMILES string of the molecule is CC(=O)NCCc1ccc(C(=O)N2CC(=O)Nc3cc(Br)ccc32)cc1. The molecule has 1 aliphatic heterocycles. The first-order valence-electron chi connectivity index (χ1n) is 8.18. The number of halogens is 1. The molecule has 0 atom stereocenters. The van der Waals surface area contributed by atoms with Gasteiger partial charge < -0.3 is 10.6 Å². The standard InChI is InChI=1S/C19H18BrN3O3/c1-12(24)21-9-8-13-2-4-14(5-3-13)19(26)23-11-18(25)22-16-10-15(20)6-7-17(16)23/h2-7,10H,8-9,11H2,1H3,(H,21,24)(H,22,25). The largest absolute Gasteiger partial charge is 0.356 e. The van der Waals surface area contributed by atoms with Gasteiger partial charge in [0.15, 0.2) is 0 Å². The Morgan fingerprint density at radius 2 is 1.92 bits per heavy atom. The van der Waals surface area contributed by atoms with E-state index in [0.29, 0.717) is 29.9 Å². The molecule has 2 aromatic rings. The van der Waals surface area contributed by atoms with Crippen molar-refractivity contribution in [1.29, 1.82) is 0 Å². The highest BCUT2D eigenvalue weighted by Gasteiger charge is 2.27. The Bertz CT molecular complexity index is 865. The van der Waals surface area contributed by atoms with Gasteiger partial charge in [-0.3, -0.25) is 19.3 Å². The third-order valence-corrected chi connectivity index (χ3v) is 4.55. The van der Waals surface area contributed by atoms with Crippen LogP contribution in [0.1, 0.15) is 22.8 Å². The summed E-state index contributed by atoms with van der Waals surface area (Å²) in [4.78, 5) is 37.2. The lowest BCUT2D eigenvalue weighted by molar-refractivity contribution is -0.119. The number of carbonyl (C=O) groups is 3. The fraction of sp³-hybridized carbons (Fsp3) is 0.211. The van der Waals surface area contributed by atoms with Crippen LogP contribution in [0.25, 0.3) is 0 Å². The summed E-state index contributed by atoms with van der Waals surface area (Å²) < 4.78 is 0.828. The van der Waals surface area contributed by atoms with Gasteiger partial charge in [0.1, 0.15) is 6.54 Å². The average Bonchev–Trinajstić information content (AvgIpc) is 2.60. The molecule has 6 nitrogen and oxygen atoms in total. The predicted molar refractivity (Wildman–Crippen MR) is 103 cm³/mol. The van der Waals surface area contributed by atoms with Gasteiger partial charge >= 0.3 is 0 Å². The Morgan fingerprint density at radius 3 is 2.62 bits per heavy atom. The first-order valence-corrected chi connectivity index (χ1v) is 8.98. The lowest BCUT2D eigenvalue weighted by Crippen LogP contribution is -2.42. The van der Waals surface area contributed by atoms with Crippen LogP contribution in [-0.2, 0) is 16.0 Å². The van der Waals surface area contributed by atoms with E-state index in [1.54, 1.807) is 24.3 Å². The van der Waals surface area contributed by atoms with Gasteiger partial charge in [0, 0.05) is 23.5 Å². The molecule has 0 unspecified atom stereocenters. The molecule has 2 aromatic carbocycles. The Kier molecular flexibility index (Phi) is 5.37. The van der Waals surface area contributed by atoms with E-state index in [4.69, 9.17) is 0 Å². The molecule has 7 heteroatoms. The number of nitrogens with zero attached hydrogens (tertiary/aromatic N) is 1. The van der Waals surface area contributed by atoms with Crippen molar-refractivity contribution < 1.29 is 14.4 Å². The summed E-state index contributed by atoms with van der Waals surface area (Å²) >= 11 is 3.37. The Morgan fingerprint density at radius 1 is 1.19 bits per heavy atom. The molecule has 0 bridgehead atoms. The second-order valence-electron chi connectivity index (χ2n) is 6.03. The molecule has 3 amide bonds. The smallest absolute Gasteiger partial charge is 0.258 e. The molecule has 26 heavy (non-hydrogen) atoms. The van der Waals surface area contributed by atoms with Crippen LogP contribution in [-0.4, -0.2) is 30.8 Å². The van der Waals surface area contributed by atoms with Gasteiger partial charge in [0.25, 0.3) is 5.91 Å². The lowest BCUT2D eigenvalue weighted by Gasteiger charge is -2.29. The monoisotopic (exact) mass is 415 g/mol. The molecule has 0 fully saturated rings. The second-order valence-corrected chi connectivity index (χ2v) is 6.95. The van der Waals surface area contributed by atoms with Gasteiger partial charge in [0.2, 0.25) is 11.8 Å². The van der Waals surface area contributed by atoms with Crippen molar-refractivity contribution in [2.75, 3.05) is 23.3 Å². The fourth-order valence-corrected chi connectivity index (χ4v) is 3.16. The van der Waals surface area contributed by atoms with Crippen molar-refractivity contribution in [3.05, 3.63) is 58.1 Å². The van der Waals surface area contributed by atoms with Gasteiger partial charge in [-0.05, 0) is 42.3 Å².